The van der Waals surface area contributed by atoms with E-state index in [0.29, 0.717) is 11.8 Å². The zero-order valence-electron chi connectivity index (χ0n) is 9.78. The van der Waals surface area contributed by atoms with Crippen LogP contribution in [0.2, 0.25) is 1.41 Å². The molecule has 0 aliphatic heterocycles. The Morgan fingerprint density at radius 3 is 2.43 bits per heavy atom. The predicted molar refractivity (Wildman–Crippen MR) is 52.4 cm³/mol. The second-order valence-electron chi connectivity index (χ2n) is 3.51. The average Bonchev–Trinajstić information content (AvgIpc) is 2.14. The molecule has 0 fully saturated rings. The van der Waals surface area contributed by atoms with E-state index in [1.54, 1.807) is 6.92 Å². The summed E-state index contributed by atoms with van der Waals surface area (Å²) in [4.78, 5) is 21.8. The first-order valence-electron chi connectivity index (χ1n) is 5.14. The van der Waals surface area contributed by atoms with E-state index in [9.17, 15) is 9.59 Å². The van der Waals surface area contributed by atoms with Gasteiger partial charge in [0.15, 0.2) is 1.41 Å². The maximum absolute atomic E-state index is 11.0. The van der Waals surface area contributed by atoms with Crippen molar-refractivity contribution >= 4 is 11.9 Å². The van der Waals surface area contributed by atoms with Crippen molar-refractivity contribution in [2.24, 2.45) is 5.92 Å². The molecular formula is C9H18N2O3. The summed E-state index contributed by atoms with van der Waals surface area (Å²) < 4.78 is 7.26. The molecule has 0 aromatic carbocycles. The lowest BCUT2D eigenvalue weighted by molar-refractivity contribution is -0.140. The molecule has 0 unspecified atom stereocenters. The van der Waals surface area contributed by atoms with Crippen molar-refractivity contribution in [3.63, 3.8) is 0 Å². The van der Waals surface area contributed by atoms with Crippen LogP contribution in [0.5, 0.6) is 0 Å². The van der Waals surface area contributed by atoms with Crippen LogP contribution in [0.3, 0.4) is 0 Å². The molecule has 0 radical (unpaired) electrons. The molecular weight excluding hydrogens is 184 g/mol. The smallest absolute Gasteiger partial charge is 0.322 e. The van der Waals surface area contributed by atoms with Gasteiger partial charge in [-0.3, -0.25) is 15.0 Å². The Labute approximate surface area is 85.3 Å². The van der Waals surface area contributed by atoms with Crippen LogP contribution in [-0.2, 0) is 9.59 Å². The third kappa shape index (κ3) is 5.53. The molecule has 14 heavy (non-hydrogen) atoms. The van der Waals surface area contributed by atoms with Gasteiger partial charge >= 0.3 is 5.97 Å². The van der Waals surface area contributed by atoms with Crippen molar-refractivity contribution < 1.29 is 16.1 Å². The van der Waals surface area contributed by atoms with Crippen LogP contribution < -0.4 is 10.8 Å². The van der Waals surface area contributed by atoms with Crippen LogP contribution in [0, 0.1) is 5.92 Å². The average molecular weight is 203 g/mol. The molecule has 0 aliphatic rings. The van der Waals surface area contributed by atoms with E-state index in [0.717, 1.165) is 0 Å². The van der Waals surface area contributed by atoms with Crippen molar-refractivity contribution in [3.05, 3.63) is 0 Å². The number of carbonyl (C=O) groups is 2. The quantitative estimate of drug-likeness (QED) is 0.550. The Morgan fingerprint density at radius 2 is 2.07 bits per heavy atom. The van der Waals surface area contributed by atoms with Gasteiger partial charge < -0.3 is 5.11 Å². The number of aliphatic carboxylic acids is 1. The summed E-state index contributed by atoms with van der Waals surface area (Å²) in [6, 6.07) is -0.891. The van der Waals surface area contributed by atoms with Crippen molar-refractivity contribution in [2.75, 3.05) is 0 Å². The highest BCUT2D eigenvalue weighted by Crippen LogP contribution is 2.03. The van der Waals surface area contributed by atoms with Gasteiger partial charge in [0, 0.05) is 6.42 Å². The molecule has 0 rings (SSSR count). The van der Waals surface area contributed by atoms with E-state index in [2.05, 4.69) is 5.43 Å². The minimum absolute atomic E-state index is 0.171. The molecule has 0 bridgehead atoms. The van der Waals surface area contributed by atoms with Crippen LogP contribution in [0.15, 0.2) is 0 Å². The summed E-state index contributed by atoms with van der Waals surface area (Å²) in [6.07, 6.45) is 0.548. The predicted octanol–water partition coefficient (Wildman–Crippen LogP) is 0.516. The minimum atomic E-state index is -1.05. The number of hydrogen-bond acceptors (Lipinski definition) is 3. The number of hydrazine groups is 1. The number of carbonyl (C=O) groups excluding carboxylic acids is 1. The number of rotatable bonds is 6. The lowest BCUT2D eigenvalue weighted by Crippen LogP contribution is -2.48. The molecule has 3 N–H and O–H groups in total. The number of carboxylic acids is 1. The fourth-order valence-electron chi connectivity index (χ4n) is 0.909. The third-order valence-electron chi connectivity index (χ3n) is 1.65. The second-order valence-corrected chi connectivity index (χ2v) is 3.51. The van der Waals surface area contributed by atoms with Gasteiger partial charge in [0.2, 0.25) is 5.91 Å². The van der Waals surface area contributed by atoms with E-state index in [4.69, 9.17) is 6.52 Å². The van der Waals surface area contributed by atoms with Gasteiger partial charge in [0.25, 0.3) is 0 Å². The van der Waals surface area contributed by atoms with Gasteiger partial charge in [0.05, 0.1) is 0 Å². The molecule has 5 nitrogen and oxygen atoms in total. The molecule has 82 valence electrons. The molecule has 5 heteroatoms. The monoisotopic (exact) mass is 203 g/mol. The van der Waals surface area contributed by atoms with E-state index >= 15 is 0 Å². The van der Waals surface area contributed by atoms with E-state index in [-0.39, 0.29) is 12.3 Å². The van der Waals surface area contributed by atoms with Gasteiger partial charge in [-0.1, -0.05) is 20.8 Å². The van der Waals surface area contributed by atoms with E-state index in [1.165, 1.54) is 0 Å². The minimum Gasteiger partial charge on any atom is -0.480 e. The Bertz CT molecular complexity index is 233. The molecule has 0 saturated heterocycles. The summed E-state index contributed by atoms with van der Waals surface area (Å²) in [7, 11) is 0. The molecule has 0 aromatic rings. The Hall–Kier alpha value is -1.10. The second kappa shape index (κ2) is 6.37. The first kappa shape index (κ1) is 11.0. The van der Waals surface area contributed by atoms with Crippen molar-refractivity contribution in [3.8, 4) is 0 Å². The Kier molecular flexibility index (Phi) is 4.99. The summed E-state index contributed by atoms with van der Waals surface area (Å²) in [5.74, 6) is -1.32. The zero-order valence-corrected chi connectivity index (χ0v) is 8.78. The van der Waals surface area contributed by atoms with Gasteiger partial charge in [-0.15, -0.1) is 0 Å². The molecule has 0 spiro atoms. The van der Waals surface area contributed by atoms with Gasteiger partial charge in [0.1, 0.15) is 6.04 Å². The number of amides is 1. The maximum Gasteiger partial charge on any atom is 0.322 e. The zero-order chi connectivity index (χ0) is 12.0. The summed E-state index contributed by atoms with van der Waals surface area (Å²) in [6.45, 7) is 5.38. The van der Waals surface area contributed by atoms with Crippen molar-refractivity contribution in [2.45, 2.75) is 39.7 Å². The highest BCUT2D eigenvalue weighted by molar-refractivity contribution is 5.77. The molecule has 0 heterocycles. The third-order valence-corrected chi connectivity index (χ3v) is 1.65. The SMILES string of the molecule is [2H]N(N[C@@H](CC(C)C)C(=O)O)C(=O)CC. The standard InChI is InChI=1S/C9H18N2O3/c1-4-8(12)11-10-7(9(13)14)5-6(2)3/h6-7,10H,4-5H2,1-3H3,(H,11,12)(H,13,14)/t7-/m0/s1/i/hD. The van der Waals surface area contributed by atoms with Crippen LogP contribution in [0.25, 0.3) is 0 Å². The van der Waals surface area contributed by atoms with Crippen LogP contribution >= 0.6 is 0 Å². The lowest BCUT2D eigenvalue weighted by atomic mass is 10.0. The summed E-state index contributed by atoms with van der Waals surface area (Å²) >= 11 is 0. The first-order chi connectivity index (χ1) is 6.88. The van der Waals surface area contributed by atoms with Crippen LogP contribution in [-0.4, -0.2) is 23.0 Å². The number of hydrogen-bond donors (Lipinski definition) is 3. The first-order valence-corrected chi connectivity index (χ1v) is 4.69. The topological polar surface area (TPSA) is 78.4 Å². The summed E-state index contributed by atoms with van der Waals surface area (Å²) in [5, 5.41) is 8.84. The molecule has 1 atom stereocenters. The van der Waals surface area contributed by atoms with Crippen LogP contribution in [0.1, 0.15) is 33.6 Å². The normalized spacial score (nSPS) is 13.6. The van der Waals surface area contributed by atoms with Gasteiger partial charge in [-0.05, 0) is 12.3 Å². The highest BCUT2D eigenvalue weighted by atomic mass is 16.4. The lowest BCUT2D eigenvalue weighted by Gasteiger charge is -2.16. The number of carboxylic acid groups (broad SMARTS) is 1. The molecule has 0 aliphatic carbocycles. The largest absolute Gasteiger partial charge is 0.480 e. The van der Waals surface area contributed by atoms with Crippen LogP contribution in [0.4, 0.5) is 0 Å². The van der Waals surface area contributed by atoms with Gasteiger partial charge in [-0.2, -0.15) is 0 Å². The number of nitrogens with one attached hydrogen (secondary N) is 2. The highest BCUT2D eigenvalue weighted by Gasteiger charge is 2.18. The van der Waals surface area contributed by atoms with Crippen molar-refractivity contribution in [1.82, 2.24) is 10.8 Å². The molecule has 1 amide bonds. The van der Waals surface area contributed by atoms with E-state index < -0.39 is 17.9 Å². The summed E-state index contributed by atoms with van der Waals surface area (Å²) in [5.41, 5.74) is 2.85. The maximum atomic E-state index is 11.0. The fraction of sp³-hybridized carbons (Fsp3) is 0.778. The van der Waals surface area contributed by atoms with Crippen molar-refractivity contribution in [1.29, 1.82) is 0 Å². The molecule has 0 aromatic heterocycles. The van der Waals surface area contributed by atoms with Gasteiger partial charge in [-0.25, -0.2) is 5.43 Å². The Balaban J connectivity index is 4.28. The fourth-order valence-corrected chi connectivity index (χ4v) is 0.909. The molecule has 0 saturated carbocycles. The Morgan fingerprint density at radius 1 is 1.50 bits per heavy atom. The van der Waals surface area contributed by atoms with E-state index in [1.807, 2.05) is 13.8 Å².